The standard InChI is InChI=1S/C25H28N4O5S/c30-22(26-19-10-12-20(13-11-19)35(33,34)28-15-4-1-5-16-28)17-29-23(31)25(27-24(29)32)14-6-8-18-7-2-3-9-21(18)25/h2-3,7,9-13H,1,4-6,8,14-17H2,(H,26,30)(H,27,32)/t25-/m0/s1. The van der Waals surface area contributed by atoms with Crippen LogP contribution >= 0.6 is 0 Å². The van der Waals surface area contributed by atoms with Crippen LogP contribution in [0.4, 0.5) is 10.5 Å². The molecule has 9 nitrogen and oxygen atoms in total. The summed E-state index contributed by atoms with van der Waals surface area (Å²) in [7, 11) is -3.57. The summed E-state index contributed by atoms with van der Waals surface area (Å²) >= 11 is 0. The number of hydrogen-bond donors (Lipinski definition) is 2. The molecule has 35 heavy (non-hydrogen) atoms. The monoisotopic (exact) mass is 496 g/mol. The van der Waals surface area contributed by atoms with Gasteiger partial charge in [0.25, 0.3) is 5.91 Å². The minimum Gasteiger partial charge on any atom is -0.325 e. The Morgan fingerprint density at radius 2 is 1.69 bits per heavy atom. The van der Waals surface area contributed by atoms with Crippen molar-refractivity contribution in [3.63, 3.8) is 0 Å². The van der Waals surface area contributed by atoms with Crippen molar-refractivity contribution >= 4 is 33.6 Å². The number of piperidine rings is 1. The summed E-state index contributed by atoms with van der Waals surface area (Å²) in [6.07, 6.45) is 4.81. The summed E-state index contributed by atoms with van der Waals surface area (Å²) in [5.41, 5.74) is 1.07. The van der Waals surface area contributed by atoms with Crippen molar-refractivity contribution in [1.82, 2.24) is 14.5 Å². The lowest BCUT2D eigenvalue weighted by atomic mass is 9.76. The zero-order valence-electron chi connectivity index (χ0n) is 19.3. The van der Waals surface area contributed by atoms with Gasteiger partial charge in [0.15, 0.2) is 0 Å². The molecule has 0 unspecified atom stereocenters. The SMILES string of the molecule is O=C(CN1C(=O)N[C@]2(CCCc3ccccc32)C1=O)Nc1ccc(S(=O)(=O)N2CCCCC2)cc1. The van der Waals surface area contributed by atoms with E-state index in [1.807, 2.05) is 24.3 Å². The second-order valence-corrected chi connectivity index (χ2v) is 11.2. The van der Waals surface area contributed by atoms with Crippen LogP contribution in [0.5, 0.6) is 0 Å². The summed E-state index contributed by atoms with van der Waals surface area (Å²) in [4.78, 5) is 39.9. The number of aryl methyl sites for hydroxylation is 1. The van der Waals surface area contributed by atoms with Crippen LogP contribution in [0.15, 0.2) is 53.4 Å². The summed E-state index contributed by atoms with van der Waals surface area (Å²) in [6, 6.07) is 12.9. The van der Waals surface area contributed by atoms with E-state index in [1.54, 1.807) is 0 Å². The molecule has 1 atom stereocenters. The third-order valence-electron chi connectivity index (χ3n) is 7.04. The molecule has 2 saturated heterocycles. The lowest BCUT2D eigenvalue weighted by Crippen LogP contribution is -2.47. The Morgan fingerprint density at radius 3 is 2.43 bits per heavy atom. The molecule has 10 heteroatoms. The van der Waals surface area contributed by atoms with Crippen molar-refractivity contribution in [2.75, 3.05) is 25.0 Å². The highest BCUT2D eigenvalue weighted by Crippen LogP contribution is 2.39. The second-order valence-electron chi connectivity index (χ2n) is 9.27. The molecule has 0 bridgehead atoms. The number of imide groups is 1. The van der Waals surface area contributed by atoms with E-state index in [0.717, 1.165) is 48.1 Å². The maximum atomic E-state index is 13.3. The average molecular weight is 497 g/mol. The summed E-state index contributed by atoms with van der Waals surface area (Å²) in [6.45, 7) is 0.597. The molecule has 0 saturated carbocycles. The fourth-order valence-electron chi connectivity index (χ4n) is 5.26. The van der Waals surface area contributed by atoms with Gasteiger partial charge in [0, 0.05) is 18.8 Å². The number of fused-ring (bicyclic) bond motifs is 2. The van der Waals surface area contributed by atoms with E-state index in [9.17, 15) is 22.8 Å². The van der Waals surface area contributed by atoms with E-state index in [1.165, 1.54) is 28.6 Å². The van der Waals surface area contributed by atoms with Gasteiger partial charge >= 0.3 is 6.03 Å². The number of nitrogens with one attached hydrogen (secondary N) is 2. The maximum absolute atomic E-state index is 13.3. The fourth-order valence-corrected chi connectivity index (χ4v) is 6.78. The minimum atomic E-state index is -3.57. The van der Waals surface area contributed by atoms with Crippen LogP contribution in [0.1, 0.15) is 43.2 Å². The zero-order chi connectivity index (χ0) is 24.6. The van der Waals surface area contributed by atoms with Crippen LogP contribution in [-0.2, 0) is 31.6 Å². The number of carbonyl (C=O) groups excluding carboxylic acids is 3. The quantitative estimate of drug-likeness (QED) is 0.618. The van der Waals surface area contributed by atoms with Crippen LogP contribution < -0.4 is 10.6 Å². The lowest BCUT2D eigenvalue weighted by Gasteiger charge is -2.33. The molecule has 1 aliphatic carbocycles. The fraction of sp³-hybridized carbons (Fsp3) is 0.400. The van der Waals surface area contributed by atoms with Gasteiger partial charge < -0.3 is 10.6 Å². The number of anilines is 1. The average Bonchev–Trinajstić information content (AvgIpc) is 3.09. The highest BCUT2D eigenvalue weighted by atomic mass is 32.2. The molecule has 184 valence electrons. The van der Waals surface area contributed by atoms with E-state index < -0.39 is 40.0 Å². The van der Waals surface area contributed by atoms with Crippen LogP contribution in [0.2, 0.25) is 0 Å². The minimum absolute atomic E-state index is 0.171. The molecular weight excluding hydrogens is 468 g/mol. The number of rotatable bonds is 5. The Bertz CT molecular complexity index is 1270. The predicted molar refractivity (Wildman–Crippen MR) is 129 cm³/mol. The Kier molecular flexibility index (Phi) is 6.10. The Hall–Kier alpha value is -3.24. The van der Waals surface area contributed by atoms with Crippen molar-refractivity contribution in [1.29, 1.82) is 0 Å². The van der Waals surface area contributed by atoms with Crippen molar-refractivity contribution in [2.24, 2.45) is 0 Å². The Labute approximate surface area is 204 Å². The molecule has 2 aromatic rings. The molecule has 2 aromatic carbocycles. The first-order valence-electron chi connectivity index (χ1n) is 11.9. The smallest absolute Gasteiger partial charge is 0.325 e. The van der Waals surface area contributed by atoms with Crippen molar-refractivity contribution in [3.8, 4) is 0 Å². The first kappa shape index (κ1) is 23.5. The first-order valence-corrected chi connectivity index (χ1v) is 13.4. The van der Waals surface area contributed by atoms with Crippen molar-refractivity contribution in [2.45, 2.75) is 49.0 Å². The highest BCUT2D eigenvalue weighted by Gasteiger charge is 2.54. The molecule has 0 aromatic heterocycles. The Balaban J connectivity index is 1.26. The molecule has 2 heterocycles. The highest BCUT2D eigenvalue weighted by molar-refractivity contribution is 7.89. The number of carbonyl (C=O) groups is 3. The number of benzene rings is 2. The van der Waals surface area contributed by atoms with Crippen molar-refractivity contribution in [3.05, 3.63) is 59.7 Å². The topological polar surface area (TPSA) is 116 Å². The van der Waals surface area contributed by atoms with Crippen LogP contribution in [0.3, 0.4) is 0 Å². The molecule has 2 fully saturated rings. The maximum Gasteiger partial charge on any atom is 0.325 e. The molecule has 0 radical (unpaired) electrons. The molecule has 2 N–H and O–H groups in total. The molecule has 4 amide bonds. The van der Waals surface area contributed by atoms with E-state index in [-0.39, 0.29) is 4.90 Å². The van der Waals surface area contributed by atoms with Gasteiger partial charge in [-0.2, -0.15) is 4.31 Å². The van der Waals surface area contributed by atoms with Gasteiger partial charge in [-0.1, -0.05) is 30.7 Å². The van der Waals surface area contributed by atoms with Crippen molar-refractivity contribution < 1.29 is 22.8 Å². The van der Waals surface area contributed by atoms with Gasteiger partial charge in [-0.05, 0) is 67.5 Å². The summed E-state index contributed by atoms with van der Waals surface area (Å²) < 4.78 is 27.1. The molecule has 2 aliphatic heterocycles. The van der Waals surface area contributed by atoms with Crippen LogP contribution in [-0.4, -0.2) is 55.1 Å². The van der Waals surface area contributed by atoms with E-state index in [4.69, 9.17) is 0 Å². The number of urea groups is 1. The van der Waals surface area contributed by atoms with E-state index in [2.05, 4.69) is 10.6 Å². The largest absolute Gasteiger partial charge is 0.325 e. The zero-order valence-corrected chi connectivity index (χ0v) is 20.1. The van der Waals surface area contributed by atoms with E-state index >= 15 is 0 Å². The molecule has 3 aliphatic rings. The molecule has 5 rings (SSSR count). The second kappa shape index (κ2) is 9.09. The van der Waals surface area contributed by atoms with Gasteiger partial charge in [-0.15, -0.1) is 0 Å². The van der Waals surface area contributed by atoms with E-state index in [0.29, 0.717) is 25.2 Å². The van der Waals surface area contributed by atoms with Crippen LogP contribution in [0, 0.1) is 0 Å². The Morgan fingerprint density at radius 1 is 0.971 bits per heavy atom. The number of hydrogen-bond acceptors (Lipinski definition) is 5. The number of amides is 4. The normalized spacial score (nSPS) is 22.7. The third-order valence-corrected chi connectivity index (χ3v) is 8.96. The predicted octanol–water partition coefficient (Wildman–Crippen LogP) is 2.58. The summed E-state index contributed by atoms with van der Waals surface area (Å²) in [5.74, 6) is -0.964. The van der Waals surface area contributed by atoms with Gasteiger partial charge in [-0.3, -0.25) is 14.5 Å². The molecular formula is C25H28N4O5S. The van der Waals surface area contributed by atoms with Gasteiger partial charge in [0.1, 0.15) is 12.1 Å². The lowest BCUT2D eigenvalue weighted by molar-refractivity contribution is -0.134. The van der Waals surface area contributed by atoms with Gasteiger partial charge in [-0.25, -0.2) is 13.2 Å². The summed E-state index contributed by atoms with van der Waals surface area (Å²) in [5, 5.41) is 5.49. The van der Waals surface area contributed by atoms with Gasteiger partial charge in [0.2, 0.25) is 15.9 Å². The van der Waals surface area contributed by atoms with Crippen LogP contribution in [0.25, 0.3) is 0 Å². The number of nitrogens with zero attached hydrogens (tertiary/aromatic N) is 2. The molecule has 1 spiro atoms. The van der Waals surface area contributed by atoms with Gasteiger partial charge in [0.05, 0.1) is 4.90 Å². The number of sulfonamides is 1. The third kappa shape index (κ3) is 4.21. The first-order chi connectivity index (χ1) is 16.8.